The first-order valence-corrected chi connectivity index (χ1v) is 9.93. The maximum Gasteiger partial charge on any atom is 0.332 e. The lowest BCUT2D eigenvalue weighted by Gasteiger charge is -2.33. The van der Waals surface area contributed by atoms with E-state index >= 15 is 0 Å². The van der Waals surface area contributed by atoms with Crippen LogP contribution in [0.3, 0.4) is 0 Å². The van der Waals surface area contributed by atoms with Crippen molar-refractivity contribution in [3.63, 3.8) is 0 Å². The molecule has 3 aromatic rings. The summed E-state index contributed by atoms with van der Waals surface area (Å²) >= 11 is 0. The number of anilines is 2. The second kappa shape index (κ2) is 7.09. The third-order valence-corrected chi connectivity index (χ3v) is 5.37. The Morgan fingerprint density at radius 1 is 1.17 bits per heavy atom. The molecule has 0 bridgehead atoms. The van der Waals surface area contributed by atoms with Crippen LogP contribution in [-0.2, 0) is 20.1 Å². The molecule has 0 unspecified atom stereocenters. The highest BCUT2D eigenvalue weighted by atomic mass is 16.5. The molecule has 0 N–H and O–H groups in total. The van der Waals surface area contributed by atoms with Gasteiger partial charge in [-0.3, -0.25) is 13.9 Å². The molecule has 0 aliphatic carbocycles. The van der Waals surface area contributed by atoms with E-state index in [-0.39, 0.29) is 17.2 Å². The first kappa shape index (κ1) is 19.3. The first-order valence-electron chi connectivity index (χ1n) is 9.93. The molecule has 0 amide bonds. The smallest absolute Gasteiger partial charge is 0.332 e. The number of hydrogen-bond donors (Lipinski definition) is 0. The van der Waals surface area contributed by atoms with Crippen LogP contribution < -0.4 is 20.9 Å². The molecule has 0 spiro atoms. The number of nitrogens with zero attached hydrogens (tertiary/aromatic N) is 5. The maximum atomic E-state index is 13.3. The van der Waals surface area contributed by atoms with Gasteiger partial charge in [0.1, 0.15) is 5.75 Å². The summed E-state index contributed by atoms with van der Waals surface area (Å²) in [7, 11) is 3.32. The van der Waals surface area contributed by atoms with Gasteiger partial charge in [0.2, 0.25) is 5.95 Å². The molecule has 0 radical (unpaired) electrons. The Bertz CT molecular complexity index is 1170. The molecule has 3 heterocycles. The number of methoxy groups -OCH3 is 1. The zero-order valence-corrected chi connectivity index (χ0v) is 17.5. The minimum Gasteiger partial charge on any atom is -0.497 e. The highest BCUT2D eigenvalue weighted by Gasteiger charge is 2.29. The lowest BCUT2D eigenvalue weighted by molar-refractivity contribution is 0.414. The van der Waals surface area contributed by atoms with E-state index in [1.807, 2.05) is 42.7 Å². The van der Waals surface area contributed by atoms with Crippen LogP contribution in [0.5, 0.6) is 5.75 Å². The lowest BCUT2D eigenvalue weighted by atomic mass is 10.1. The summed E-state index contributed by atoms with van der Waals surface area (Å²) in [4.78, 5) is 32.9. The second-order valence-corrected chi connectivity index (χ2v) is 8.26. The average molecular weight is 397 g/mol. The fourth-order valence-electron chi connectivity index (χ4n) is 4.01. The number of rotatable bonds is 4. The highest BCUT2D eigenvalue weighted by molar-refractivity contribution is 5.77. The predicted octanol–water partition coefficient (Wildman–Crippen LogP) is 2.35. The van der Waals surface area contributed by atoms with Crippen molar-refractivity contribution >= 4 is 22.8 Å². The van der Waals surface area contributed by atoms with Crippen LogP contribution in [0.4, 0.5) is 11.6 Å². The summed E-state index contributed by atoms with van der Waals surface area (Å²) in [5.41, 5.74) is 1.31. The van der Waals surface area contributed by atoms with Crippen LogP contribution >= 0.6 is 0 Å². The molecule has 1 aliphatic heterocycles. The van der Waals surface area contributed by atoms with Gasteiger partial charge in [-0.25, -0.2) is 4.79 Å². The standard InChI is InChI=1S/C21H27N5O3/c1-13(2)10-26-19(27)17-18(23(4)21(26)28)22-20-24(11-14(3)12-25(17)20)15-6-8-16(29-5)9-7-15/h6-9,13-14H,10-12H2,1-5H3/t14-/m1/s1. The van der Waals surface area contributed by atoms with Gasteiger partial charge in [-0.05, 0) is 36.1 Å². The summed E-state index contributed by atoms with van der Waals surface area (Å²) in [5.74, 6) is 1.98. The number of fused-ring (bicyclic) bond motifs is 3. The predicted molar refractivity (Wildman–Crippen MR) is 113 cm³/mol. The molecule has 1 aromatic carbocycles. The number of aromatic nitrogens is 4. The van der Waals surface area contributed by atoms with E-state index in [4.69, 9.17) is 9.72 Å². The normalized spacial score (nSPS) is 16.5. The number of hydrogen-bond acceptors (Lipinski definition) is 5. The van der Waals surface area contributed by atoms with Gasteiger partial charge in [0.05, 0.1) is 7.11 Å². The zero-order chi connectivity index (χ0) is 20.9. The van der Waals surface area contributed by atoms with Crippen molar-refractivity contribution in [3.05, 3.63) is 45.1 Å². The summed E-state index contributed by atoms with van der Waals surface area (Å²) in [6, 6.07) is 7.78. The summed E-state index contributed by atoms with van der Waals surface area (Å²) in [6.45, 7) is 8.00. The Hall–Kier alpha value is -3.03. The monoisotopic (exact) mass is 397 g/mol. The number of aryl methyl sites for hydroxylation is 1. The molecule has 0 fully saturated rings. The van der Waals surface area contributed by atoms with E-state index < -0.39 is 0 Å². The van der Waals surface area contributed by atoms with Crippen molar-refractivity contribution in [3.8, 4) is 5.75 Å². The molecule has 154 valence electrons. The van der Waals surface area contributed by atoms with E-state index in [9.17, 15) is 9.59 Å². The van der Waals surface area contributed by atoms with Crippen molar-refractivity contribution in [2.45, 2.75) is 33.9 Å². The van der Waals surface area contributed by atoms with E-state index in [2.05, 4.69) is 11.8 Å². The summed E-state index contributed by atoms with van der Waals surface area (Å²) in [5, 5.41) is 0. The highest BCUT2D eigenvalue weighted by Crippen LogP contribution is 2.33. The largest absolute Gasteiger partial charge is 0.497 e. The molecular weight excluding hydrogens is 370 g/mol. The third kappa shape index (κ3) is 3.12. The Morgan fingerprint density at radius 2 is 1.86 bits per heavy atom. The van der Waals surface area contributed by atoms with E-state index in [1.165, 1.54) is 9.13 Å². The number of imidazole rings is 1. The maximum absolute atomic E-state index is 13.3. The molecule has 29 heavy (non-hydrogen) atoms. The molecule has 1 aliphatic rings. The number of ether oxygens (including phenoxy) is 1. The zero-order valence-electron chi connectivity index (χ0n) is 17.5. The lowest BCUT2D eigenvalue weighted by Crippen LogP contribution is -2.41. The number of benzene rings is 1. The van der Waals surface area contributed by atoms with Crippen molar-refractivity contribution in [1.29, 1.82) is 0 Å². The van der Waals surface area contributed by atoms with Gasteiger partial charge in [0, 0.05) is 32.4 Å². The molecule has 4 rings (SSSR count). The van der Waals surface area contributed by atoms with Crippen molar-refractivity contribution in [2.75, 3.05) is 18.6 Å². The van der Waals surface area contributed by atoms with Crippen LogP contribution in [0.15, 0.2) is 33.9 Å². The van der Waals surface area contributed by atoms with Gasteiger partial charge >= 0.3 is 5.69 Å². The van der Waals surface area contributed by atoms with Crippen LogP contribution in [0.1, 0.15) is 20.8 Å². The Kier molecular flexibility index (Phi) is 4.72. The molecule has 0 saturated carbocycles. The van der Waals surface area contributed by atoms with Gasteiger partial charge in [0.25, 0.3) is 5.56 Å². The van der Waals surface area contributed by atoms with Crippen molar-refractivity contribution < 1.29 is 4.74 Å². The first-order chi connectivity index (χ1) is 13.8. The van der Waals surface area contributed by atoms with E-state index in [0.29, 0.717) is 36.1 Å². The summed E-state index contributed by atoms with van der Waals surface area (Å²) < 4.78 is 10.0. The van der Waals surface area contributed by atoms with Gasteiger partial charge in [0.15, 0.2) is 11.2 Å². The SMILES string of the molecule is COc1ccc(N2C[C@@H](C)Cn3c2nc2c3c(=O)n(CC(C)C)c(=O)n2C)cc1. The van der Waals surface area contributed by atoms with Crippen LogP contribution in [0.2, 0.25) is 0 Å². The molecule has 2 aromatic heterocycles. The summed E-state index contributed by atoms with van der Waals surface area (Å²) in [6.07, 6.45) is 0. The quantitative estimate of drug-likeness (QED) is 0.676. The van der Waals surface area contributed by atoms with E-state index in [1.54, 1.807) is 14.2 Å². The second-order valence-electron chi connectivity index (χ2n) is 8.26. The van der Waals surface area contributed by atoms with Gasteiger partial charge < -0.3 is 14.2 Å². The van der Waals surface area contributed by atoms with E-state index in [0.717, 1.165) is 18.0 Å². The van der Waals surface area contributed by atoms with Crippen LogP contribution in [0.25, 0.3) is 11.2 Å². The minimum absolute atomic E-state index is 0.191. The Labute approximate surface area is 169 Å². The van der Waals surface area contributed by atoms with Gasteiger partial charge in [-0.15, -0.1) is 0 Å². The fraction of sp³-hybridized carbons (Fsp3) is 0.476. The average Bonchev–Trinajstić information content (AvgIpc) is 3.08. The fourth-order valence-corrected chi connectivity index (χ4v) is 4.01. The molecule has 8 nitrogen and oxygen atoms in total. The van der Waals surface area contributed by atoms with Gasteiger partial charge in [-0.2, -0.15) is 4.98 Å². The molecular formula is C21H27N5O3. The van der Waals surface area contributed by atoms with Gasteiger partial charge in [-0.1, -0.05) is 20.8 Å². The van der Waals surface area contributed by atoms with Crippen molar-refractivity contribution in [2.24, 2.45) is 18.9 Å². The van der Waals surface area contributed by atoms with Crippen LogP contribution in [-0.4, -0.2) is 32.3 Å². The molecule has 0 saturated heterocycles. The Balaban J connectivity index is 1.95. The minimum atomic E-state index is -0.323. The third-order valence-electron chi connectivity index (χ3n) is 5.37. The topological polar surface area (TPSA) is 74.3 Å². The molecule has 1 atom stereocenters. The van der Waals surface area contributed by atoms with Crippen LogP contribution in [0, 0.1) is 11.8 Å². The Morgan fingerprint density at radius 3 is 2.48 bits per heavy atom. The van der Waals surface area contributed by atoms with Crippen molar-refractivity contribution in [1.82, 2.24) is 18.7 Å². The molecule has 8 heteroatoms.